The van der Waals surface area contributed by atoms with Gasteiger partial charge in [-0.3, -0.25) is 4.79 Å². The number of hydrogen-bond acceptors (Lipinski definition) is 3. The average molecular weight is 415 g/mol. The molecule has 0 spiro atoms. The van der Waals surface area contributed by atoms with E-state index in [2.05, 4.69) is 4.72 Å². The smallest absolute Gasteiger partial charge is 0.243 e. The molecule has 0 bridgehead atoms. The van der Waals surface area contributed by atoms with E-state index in [0.717, 1.165) is 32.1 Å². The average Bonchev–Trinajstić information content (AvgIpc) is 2.87. The quantitative estimate of drug-likeness (QED) is 0.674. The Morgan fingerprint density at radius 1 is 1.22 bits per heavy atom. The number of rotatable bonds is 7. The third-order valence-electron chi connectivity index (χ3n) is 5.02. The molecule has 0 saturated heterocycles. The maximum atomic E-state index is 13.3. The zero-order valence-corrected chi connectivity index (χ0v) is 18.1. The third-order valence-corrected chi connectivity index (χ3v) is 6.91. The van der Waals surface area contributed by atoms with Crippen molar-refractivity contribution in [2.75, 3.05) is 6.54 Å². The summed E-state index contributed by atoms with van der Waals surface area (Å²) in [6.45, 7) is 5.96. The zero-order valence-electron chi connectivity index (χ0n) is 16.5. The van der Waals surface area contributed by atoms with Crippen molar-refractivity contribution in [1.82, 2.24) is 9.62 Å². The van der Waals surface area contributed by atoms with Crippen LogP contribution in [0.4, 0.5) is 0 Å². The minimum atomic E-state index is -3.85. The van der Waals surface area contributed by atoms with E-state index in [4.69, 9.17) is 11.6 Å². The molecule has 27 heavy (non-hydrogen) atoms. The number of carbonyl (C=O) groups is 1. The molecular weight excluding hydrogens is 384 g/mol. The molecule has 1 aromatic carbocycles. The van der Waals surface area contributed by atoms with E-state index in [1.54, 1.807) is 26.0 Å². The summed E-state index contributed by atoms with van der Waals surface area (Å²) in [5.41, 5.74) is -1.23. The molecule has 1 N–H and O–H groups in total. The molecule has 0 aromatic heterocycles. The Balaban J connectivity index is 2.22. The molecule has 0 unspecified atom stereocenters. The Labute approximate surface area is 168 Å². The van der Waals surface area contributed by atoms with Gasteiger partial charge in [0.25, 0.3) is 0 Å². The maximum absolute atomic E-state index is 13.3. The highest BCUT2D eigenvalue weighted by Gasteiger charge is 2.38. The van der Waals surface area contributed by atoms with Gasteiger partial charge in [0.15, 0.2) is 0 Å². The molecule has 0 radical (unpaired) electrons. The van der Waals surface area contributed by atoms with Crippen LogP contribution >= 0.6 is 11.6 Å². The van der Waals surface area contributed by atoms with Gasteiger partial charge in [-0.25, -0.2) is 8.42 Å². The fourth-order valence-electron chi connectivity index (χ4n) is 3.69. The molecule has 1 saturated carbocycles. The van der Waals surface area contributed by atoms with Crippen LogP contribution in [0.5, 0.6) is 0 Å². The molecule has 0 heterocycles. The van der Waals surface area contributed by atoms with Crippen molar-refractivity contribution in [2.45, 2.75) is 82.2 Å². The third kappa shape index (κ3) is 5.93. The molecule has 152 valence electrons. The second-order valence-corrected chi connectivity index (χ2v) is 9.95. The monoisotopic (exact) mass is 414 g/mol. The minimum Gasteiger partial charge on any atom is -0.338 e. The Morgan fingerprint density at radius 3 is 2.41 bits per heavy atom. The van der Waals surface area contributed by atoms with Crippen LogP contribution in [-0.4, -0.2) is 37.4 Å². The van der Waals surface area contributed by atoms with E-state index in [0.29, 0.717) is 11.6 Å². The number of nitrogens with zero attached hydrogens (tertiary/aromatic N) is 1. The largest absolute Gasteiger partial charge is 0.338 e. The van der Waals surface area contributed by atoms with Gasteiger partial charge >= 0.3 is 0 Å². The second-order valence-electron chi connectivity index (χ2n) is 7.83. The lowest BCUT2D eigenvalue weighted by Crippen LogP contribution is -2.58. The van der Waals surface area contributed by atoms with Gasteiger partial charge in [-0.05, 0) is 51.3 Å². The van der Waals surface area contributed by atoms with Crippen molar-refractivity contribution in [2.24, 2.45) is 0 Å². The van der Waals surface area contributed by atoms with Crippen LogP contribution in [0.1, 0.15) is 65.7 Å². The summed E-state index contributed by atoms with van der Waals surface area (Å²) < 4.78 is 28.1. The summed E-state index contributed by atoms with van der Waals surface area (Å²) in [7, 11) is -3.85. The molecule has 1 aliphatic rings. The molecule has 1 fully saturated rings. The van der Waals surface area contributed by atoms with Gasteiger partial charge in [-0.15, -0.1) is 0 Å². The summed E-state index contributed by atoms with van der Waals surface area (Å²) in [6.07, 6.45) is 7.47. The fourth-order valence-corrected chi connectivity index (χ4v) is 5.36. The van der Waals surface area contributed by atoms with Crippen molar-refractivity contribution >= 4 is 27.5 Å². The summed E-state index contributed by atoms with van der Waals surface area (Å²) >= 11 is 5.93. The number of sulfonamides is 1. The highest BCUT2D eigenvalue weighted by Crippen LogP contribution is 2.25. The summed E-state index contributed by atoms with van der Waals surface area (Å²) in [4.78, 5) is 15.3. The number of carbonyl (C=O) groups excluding carboxylic acids is 1. The second kappa shape index (κ2) is 9.39. The normalized spacial score (nSPS) is 16.7. The molecular formula is C20H31ClN2O3S. The van der Waals surface area contributed by atoms with E-state index in [1.807, 2.05) is 11.8 Å². The lowest BCUT2D eigenvalue weighted by atomic mass is 10.0. The van der Waals surface area contributed by atoms with Gasteiger partial charge < -0.3 is 4.90 Å². The van der Waals surface area contributed by atoms with E-state index < -0.39 is 15.6 Å². The van der Waals surface area contributed by atoms with E-state index >= 15 is 0 Å². The standard InChI is InChI=1S/C20H31ClN2O3S/c1-4-14-23(17-11-7-5-6-8-12-17)19(24)20(2,3)22-27(25,26)18-13-9-10-16(21)15-18/h9-10,13,15,17,22H,4-8,11-12,14H2,1-3H3. The minimum absolute atomic E-state index is 0.0624. The number of benzene rings is 1. The highest BCUT2D eigenvalue weighted by atomic mass is 35.5. The van der Waals surface area contributed by atoms with Crippen molar-refractivity contribution in [3.05, 3.63) is 29.3 Å². The summed E-state index contributed by atoms with van der Waals surface area (Å²) in [5.74, 6) is -0.165. The highest BCUT2D eigenvalue weighted by molar-refractivity contribution is 7.89. The number of amides is 1. The van der Waals surface area contributed by atoms with Gasteiger partial charge in [0.2, 0.25) is 15.9 Å². The molecule has 2 rings (SSSR count). The molecule has 7 heteroatoms. The van der Waals surface area contributed by atoms with Crippen molar-refractivity contribution in [1.29, 1.82) is 0 Å². The van der Waals surface area contributed by atoms with E-state index in [9.17, 15) is 13.2 Å². The zero-order chi connectivity index (χ0) is 20.1. The first-order valence-corrected chi connectivity index (χ1v) is 11.6. The number of nitrogens with one attached hydrogen (secondary N) is 1. The van der Waals surface area contributed by atoms with E-state index in [1.165, 1.54) is 25.0 Å². The topological polar surface area (TPSA) is 66.5 Å². The molecule has 1 aromatic rings. The fraction of sp³-hybridized carbons (Fsp3) is 0.650. The van der Waals surface area contributed by atoms with Gasteiger partial charge in [0, 0.05) is 17.6 Å². The lowest BCUT2D eigenvalue weighted by Gasteiger charge is -2.37. The van der Waals surface area contributed by atoms with Gasteiger partial charge in [-0.1, -0.05) is 50.3 Å². The first-order valence-electron chi connectivity index (χ1n) is 9.78. The van der Waals surface area contributed by atoms with Crippen LogP contribution in [0.15, 0.2) is 29.2 Å². The molecule has 1 amide bonds. The predicted octanol–water partition coefficient (Wildman–Crippen LogP) is 4.36. The SMILES string of the molecule is CCCN(C(=O)C(C)(C)NS(=O)(=O)c1cccc(Cl)c1)C1CCCCCC1. The van der Waals surface area contributed by atoms with Gasteiger partial charge in [-0.2, -0.15) is 4.72 Å². The van der Waals surface area contributed by atoms with Crippen molar-refractivity contribution in [3.8, 4) is 0 Å². The molecule has 0 atom stereocenters. The Bertz CT molecular complexity index is 741. The maximum Gasteiger partial charge on any atom is 0.243 e. The number of hydrogen-bond donors (Lipinski definition) is 1. The Kier molecular flexibility index (Phi) is 7.72. The van der Waals surface area contributed by atoms with Crippen LogP contribution in [0.25, 0.3) is 0 Å². The Hall–Kier alpha value is -1.11. The van der Waals surface area contributed by atoms with Gasteiger partial charge in [0.1, 0.15) is 5.54 Å². The summed E-state index contributed by atoms with van der Waals surface area (Å²) in [5, 5.41) is 0.341. The molecule has 0 aliphatic heterocycles. The van der Waals surface area contributed by atoms with Crippen LogP contribution in [0.3, 0.4) is 0 Å². The van der Waals surface area contributed by atoms with Crippen LogP contribution in [0, 0.1) is 0 Å². The first-order chi connectivity index (χ1) is 12.7. The van der Waals surface area contributed by atoms with Crippen molar-refractivity contribution < 1.29 is 13.2 Å². The summed E-state index contributed by atoms with van der Waals surface area (Å²) in [6, 6.07) is 6.26. The predicted molar refractivity (Wildman–Crippen MR) is 109 cm³/mol. The first kappa shape index (κ1) is 22.2. The van der Waals surface area contributed by atoms with Crippen LogP contribution in [-0.2, 0) is 14.8 Å². The van der Waals surface area contributed by atoms with Crippen LogP contribution < -0.4 is 4.72 Å². The Morgan fingerprint density at radius 2 is 1.85 bits per heavy atom. The number of halogens is 1. The van der Waals surface area contributed by atoms with Gasteiger partial charge in [0.05, 0.1) is 4.90 Å². The van der Waals surface area contributed by atoms with E-state index in [-0.39, 0.29) is 16.8 Å². The van der Waals surface area contributed by atoms with Crippen LogP contribution in [0.2, 0.25) is 5.02 Å². The van der Waals surface area contributed by atoms with Crippen molar-refractivity contribution in [3.63, 3.8) is 0 Å². The molecule has 5 nitrogen and oxygen atoms in total. The molecule has 1 aliphatic carbocycles. The lowest BCUT2D eigenvalue weighted by molar-refractivity contribution is -0.139.